The molecular formula is C21H22N2O5S. The number of aryl methyl sites for hydroxylation is 1. The highest BCUT2D eigenvalue weighted by Gasteiger charge is 2.23. The second-order valence-electron chi connectivity index (χ2n) is 6.41. The van der Waals surface area contributed by atoms with Crippen molar-refractivity contribution in [3.8, 4) is 5.75 Å². The van der Waals surface area contributed by atoms with E-state index in [-0.39, 0.29) is 17.3 Å². The molecule has 29 heavy (non-hydrogen) atoms. The second kappa shape index (κ2) is 8.40. The molecule has 0 bridgehead atoms. The lowest BCUT2D eigenvalue weighted by atomic mass is 10.1. The van der Waals surface area contributed by atoms with Gasteiger partial charge in [-0.15, -0.1) is 0 Å². The Kier molecular flexibility index (Phi) is 5.93. The molecule has 0 saturated carbocycles. The van der Waals surface area contributed by atoms with Gasteiger partial charge in [0.05, 0.1) is 30.5 Å². The zero-order valence-electron chi connectivity index (χ0n) is 16.4. The van der Waals surface area contributed by atoms with Crippen LogP contribution in [0.2, 0.25) is 0 Å². The van der Waals surface area contributed by atoms with Gasteiger partial charge in [0.1, 0.15) is 11.5 Å². The van der Waals surface area contributed by atoms with Gasteiger partial charge in [-0.1, -0.05) is 0 Å². The molecule has 0 saturated heterocycles. The molecule has 1 aromatic heterocycles. The van der Waals surface area contributed by atoms with E-state index in [9.17, 15) is 13.2 Å². The number of carbonyl (C=O) groups excluding carboxylic acids is 1. The molecule has 1 N–H and O–H groups in total. The fourth-order valence-corrected chi connectivity index (χ4v) is 4.13. The molecule has 3 rings (SSSR count). The van der Waals surface area contributed by atoms with E-state index in [0.717, 1.165) is 0 Å². The zero-order valence-corrected chi connectivity index (χ0v) is 17.2. The van der Waals surface area contributed by atoms with Gasteiger partial charge in [0.25, 0.3) is 15.9 Å². The SMILES string of the molecule is COc1ccc(S(=O)(=O)N(C)c2ccc(C(=O)NCc3ccco3)cc2C)cc1. The van der Waals surface area contributed by atoms with Crippen molar-refractivity contribution in [2.45, 2.75) is 18.4 Å². The number of benzene rings is 2. The van der Waals surface area contributed by atoms with Gasteiger partial charge in [-0.25, -0.2) is 8.42 Å². The van der Waals surface area contributed by atoms with Crippen molar-refractivity contribution in [2.24, 2.45) is 0 Å². The molecule has 0 aliphatic rings. The first-order chi connectivity index (χ1) is 13.8. The summed E-state index contributed by atoms with van der Waals surface area (Å²) >= 11 is 0. The summed E-state index contributed by atoms with van der Waals surface area (Å²) in [4.78, 5) is 12.5. The average Bonchev–Trinajstić information content (AvgIpc) is 3.25. The summed E-state index contributed by atoms with van der Waals surface area (Å²) in [6, 6.07) is 14.6. The fraction of sp³-hybridized carbons (Fsp3) is 0.190. The molecule has 3 aromatic rings. The standard InChI is InChI=1S/C21H22N2O5S/c1-15-13-16(21(24)22-14-18-5-4-12-28-18)6-11-20(15)23(2)29(25,26)19-9-7-17(27-3)8-10-19/h4-13H,14H2,1-3H3,(H,22,24). The maximum atomic E-state index is 12.9. The van der Waals surface area contributed by atoms with Crippen LogP contribution in [0.25, 0.3) is 0 Å². The van der Waals surface area contributed by atoms with Crippen molar-refractivity contribution in [3.05, 3.63) is 77.7 Å². The number of nitrogens with zero attached hydrogens (tertiary/aromatic N) is 1. The summed E-state index contributed by atoms with van der Waals surface area (Å²) in [5.74, 6) is 0.960. The molecule has 0 atom stereocenters. The van der Waals surface area contributed by atoms with Crippen LogP contribution < -0.4 is 14.4 Å². The Bertz CT molecular complexity index is 1090. The number of nitrogens with one attached hydrogen (secondary N) is 1. The topological polar surface area (TPSA) is 88.9 Å². The van der Waals surface area contributed by atoms with E-state index in [0.29, 0.717) is 28.3 Å². The normalized spacial score (nSPS) is 11.1. The number of anilines is 1. The Morgan fingerprint density at radius 1 is 1.14 bits per heavy atom. The molecule has 152 valence electrons. The maximum absolute atomic E-state index is 12.9. The first-order valence-electron chi connectivity index (χ1n) is 8.87. The van der Waals surface area contributed by atoms with Crippen LogP contribution in [0.5, 0.6) is 5.75 Å². The predicted octanol–water partition coefficient (Wildman–Crippen LogP) is 3.35. The molecule has 0 fully saturated rings. The lowest BCUT2D eigenvalue weighted by Gasteiger charge is -2.22. The zero-order chi connectivity index (χ0) is 21.0. The minimum atomic E-state index is -3.75. The molecule has 8 heteroatoms. The number of sulfonamides is 1. The number of hydrogen-bond donors (Lipinski definition) is 1. The molecule has 0 aliphatic carbocycles. The van der Waals surface area contributed by atoms with Crippen molar-refractivity contribution < 1.29 is 22.4 Å². The van der Waals surface area contributed by atoms with E-state index in [2.05, 4.69) is 5.32 Å². The van der Waals surface area contributed by atoms with Crippen LogP contribution in [0.3, 0.4) is 0 Å². The van der Waals surface area contributed by atoms with Gasteiger partial charge in [-0.05, 0) is 67.1 Å². The van der Waals surface area contributed by atoms with E-state index in [4.69, 9.17) is 9.15 Å². The number of furan rings is 1. The van der Waals surface area contributed by atoms with Crippen LogP contribution in [-0.4, -0.2) is 28.5 Å². The fourth-order valence-electron chi connectivity index (χ4n) is 2.87. The summed E-state index contributed by atoms with van der Waals surface area (Å²) in [5.41, 5.74) is 1.59. The quantitative estimate of drug-likeness (QED) is 0.640. The van der Waals surface area contributed by atoms with E-state index >= 15 is 0 Å². The highest BCUT2D eigenvalue weighted by Crippen LogP contribution is 2.27. The number of rotatable bonds is 7. The molecule has 2 aromatic carbocycles. The summed E-state index contributed by atoms with van der Waals surface area (Å²) < 4.78 is 37.3. The van der Waals surface area contributed by atoms with Crippen LogP contribution in [0.1, 0.15) is 21.7 Å². The molecule has 1 heterocycles. The number of methoxy groups -OCH3 is 1. The largest absolute Gasteiger partial charge is 0.497 e. The lowest BCUT2D eigenvalue weighted by Crippen LogP contribution is -2.27. The van der Waals surface area contributed by atoms with Gasteiger partial charge in [0, 0.05) is 12.6 Å². The van der Waals surface area contributed by atoms with Crippen LogP contribution in [0, 0.1) is 6.92 Å². The van der Waals surface area contributed by atoms with E-state index in [1.165, 1.54) is 30.6 Å². The summed E-state index contributed by atoms with van der Waals surface area (Å²) in [6.45, 7) is 2.04. The van der Waals surface area contributed by atoms with Crippen LogP contribution >= 0.6 is 0 Å². The van der Waals surface area contributed by atoms with Crippen molar-refractivity contribution in [2.75, 3.05) is 18.5 Å². The second-order valence-corrected chi connectivity index (χ2v) is 8.38. The van der Waals surface area contributed by atoms with Gasteiger partial charge >= 0.3 is 0 Å². The number of ether oxygens (including phenoxy) is 1. The third kappa shape index (κ3) is 4.43. The maximum Gasteiger partial charge on any atom is 0.264 e. The molecule has 1 amide bonds. The Labute approximate surface area is 170 Å². The Morgan fingerprint density at radius 2 is 1.86 bits per heavy atom. The van der Waals surface area contributed by atoms with Crippen molar-refractivity contribution in [3.63, 3.8) is 0 Å². The number of amides is 1. The average molecular weight is 414 g/mol. The van der Waals surface area contributed by atoms with Gasteiger partial charge in [-0.2, -0.15) is 0 Å². The third-order valence-electron chi connectivity index (χ3n) is 4.52. The number of hydrogen-bond acceptors (Lipinski definition) is 5. The van der Waals surface area contributed by atoms with E-state index in [1.54, 1.807) is 55.7 Å². The molecule has 7 nitrogen and oxygen atoms in total. The van der Waals surface area contributed by atoms with Gasteiger partial charge in [0.2, 0.25) is 0 Å². The summed E-state index contributed by atoms with van der Waals surface area (Å²) in [7, 11) is -0.744. The molecule has 0 unspecified atom stereocenters. The van der Waals surface area contributed by atoms with Gasteiger partial charge in [-0.3, -0.25) is 9.10 Å². The minimum Gasteiger partial charge on any atom is -0.497 e. The van der Waals surface area contributed by atoms with Crippen LogP contribution in [0.15, 0.2) is 70.2 Å². The number of carbonyl (C=O) groups is 1. The van der Waals surface area contributed by atoms with Gasteiger partial charge < -0.3 is 14.5 Å². The molecular weight excluding hydrogens is 392 g/mol. The molecule has 0 radical (unpaired) electrons. The highest BCUT2D eigenvalue weighted by atomic mass is 32.2. The summed E-state index contributed by atoms with van der Waals surface area (Å²) in [5, 5.41) is 2.77. The van der Waals surface area contributed by atoms with Crippen molar-refractivity contribution in [1.82, 2.24) is 5.32 Å². The van der Waals surface area contributed by atoms with E-state index < -0.39 is 10.0 Å². The first-order valence-corrected chi connectivity index (χ1v) is 10.3. The van der Waals surface area contributed by atoms with Crippen molar-refractivity contribution >= 4 is 21.6 Å². The Hall–Kier alpha value is -3.26. The highest BCUT2D eigenvalue weighted by molar-refractivity contribution is 7.92. The first kappa shape index (κ1) is 20.5. The Balaban J connectivity index is 1.78. The predicted molar refractivity (Wildman–Crippen MR) is 110 cm³/mol. The lowest BCUT2D eigenvalue weighted by molar-refractivity contribution is 0.0948. The third-order valence-corrected chi connectivity index (χ3v) is 6.30. The Morgan fingerprint density at radius 3 is 2.45 bits per heavy atom. The van der Waals surface area contributed by atoms with Crippen LogP contribution in [-0.2, 0) is 16.6 Å². The molecule has 0 aliphatic heterocycles. The smallest absolute Gasteiger partial charge is 0.264 e. The van der Waals surface area contributed by atoms with E-state index in [1.807, 2.05) is 0 Å². The van der Waals surface area contributed by atoms with Crippen LogP contribution in [0.4, 0.5) is 5.69 Å². The minimum absolute atomic E-state index is 0.153. The van der Waals surface area contributed by atoms with Crippen molar-refractivity contribution in [1.29, 1.82) is 0 Å². The summed E-state index contributed by atoms with van der Waals surface area (Å²) in [6.07, 6.45) is 1.54. The monoisotopic (exact) mass is 414 g/mol. The van der Waals surface area contributed by atoms with Gasteiger partial charge in [0.15, 0.2) is 0 Å². The molecule has 0 spiro atoms.